The second kappa shape index (κ2) is 12.9. The average Bonchev–Trinajstić information content (AvgIpc) is 2.95. The van der Waals surface area contributed by atoms with Gasteiger partial charge < -0.3 is 32.7 Å². The Bertz CT molecular complexity index is 1470. The number of aromatic nitrogens is 1. The lowest BCUT2D eigenvalue weighted by atomic mass is 10.0. The van der Waals surface area contributed by atoms with Gasteiger partial charge in [-0.15, -0.1) is 0 Å². The van der Waals surface area contributed by atoms with Crippen LogP contribution in [0.15, 0.2) is 79.0 Å². The predicted octanol–water partition coefficient (Wildman–Crippen LogP) is 1.65. The summed E-state index contributed by atoms with van der Waals surface area (Å²) in [6, 6.07) is 20.4. The number of pyridine rings is 1. The first-order valence-electron chi connectivity index (χ1n) is 12.8. The third-order valence-electron chi connectivity index (χ3n) is 6.40. The Labute approximate surface area is 226 Å². The standard InChI is InChI=1S/C29H33N7O3/c30-11-13-36(14-12-31)26(37)17-24(32)28(38)35-27(22-10-9-19-5-1-2-6-20(19)15-22)29(39)34-23-16-21-7-3-4-8-25(21)33-18-23/h1-10,15-16,18,24,27H,11-14,17,30-32H2,(H,34,39)(H,35,38)/t24-,27-/m0/s1. The molecule has 10 nitrogen and oxygen atoms in total. The van der Waals surface area contributed by atoms with Crippen LogP contribution in [-0.2, 0) is 14.4 Å². The monoisotopic (exact) mass is 527 g/mol. The number of carbonyl (C=O) groups excluding carboxylic acids is 3. The van der Waals surface area contributed by atoms with Crippen molar-refractivity contribution in [2.24, 2.45) is 17.2 Å². The minimum Gasteiger partial charge on any atom is -0.340 e. The van der Waals surface area contributed by atoms with Crippen LogP contribution in [0.4, 0.5) is 5.69 Å². The summed E-state index contributed by atoms with van der Waals surface area (Å²) in [5.41, 5.74) is 19.1. The molecular formula is C29H33N7O3. The van der Waals surface area contributed by atoms with Crippen molar-refractivity contribution in [3.05, 3.63) is 84.6 Å². The van der Waals surface area contributed by atoms with Gasteiger partial charge in [0.1, 0.15) is 6.04 Å². The van der Waals surface area contributed by atoms with Crippen LogP contribution in [-0.4, -0.2) is 59.8 Å². The van der Waals surface area contributed by atoms with E-state index in [0.29, 0.717) is 24.3 Å². The van der Waals surface area contributed by atoms with Gasteiger partial charge in [0.15, 0.2) is 0 Å². The summed E-state index contributed by atoms with van der Waals surface area (Å²) in [6.07, 6.45) is 1.32. The molecule has 3 aromatic carbocycles. The van der Waals surface area contributed by atoms with Crippen molar-refractivity contribution < 1.29 is 14.4 Å². The zero-order valence-electron chi connectivity index (χ0n) is 21.5. The van der Waals surface area contributed by atoms with Crippen molar-refractivity contribution in [2.45, 2.75) is 18.5 Å². The van der Waals surface area contributed by atoms with Crippen LogP contribution < -0.4 is 27.8 Å². The van der Waals surface area contributed by atoms with Gasteiger partial charge in [0.2, 0.25) is 11.8 Å². The molecule has 0 radical (unpaired) electrons. The minimum atomic E-state index is -1.17. The highest BCUT2D eigenvalue weighted by molar-refractivity contribution is 6.00. The number of hydrogen-bond acceptors (Lipinski definition) is 7. The molecule has 0 aliphatic carbocycles. The molecule has 3 amide bonds. The molecule has 39 heavy (non-hydrogen) atoms. The maximum Gasteiger partial charge on any atom is 0.251 e. The van der Waals surface area contributed by atoms with Gasteiger partial charge in [0.05, 0.1) is 29.9 Å². The van der Waals surface area contributed by atoms with E-state index in [-0.39, 0.29) is 25.4 Å². The largest absolute Gasteiger partial charge is 0.340 e. The Morgan fingerprint density at radius 3 is 2.21 bits per heavy atom. The quantitative estimate of drug-likeness (QED) is 0.197. The summed E-state index contributed by atoms with van der Waals surface area (Å²) in [7, 11) is 0. The van der Waals surface area contributed by atoms with Crippen LogP contribution in [0.3, 0.4) is 0 Å². The van der Waals surface area contributed by atoms with E-state index in [4.69, 9.17) is 17.2 Å². The van der Waals surface area contributed by atoms with Crippen LogP contribution in [0, 0.1) is 0 Å². The summed E-state index contributed by atoms with van der Waals surface area (Å²) < 4.78 is 0. The van der Waals surface area contributed by atoms with Gasteiger partial charge >= 0.3 is 0 Å². The summed E-state index contributed by atoms with van der Waals surface area (Å²) in [5.74, 6) is -1.43. The van der Waals surface area contributed by atoms with E-state index < -0.39 is 23.9 Å². The van der Waals surface area contributed by atoms with Crippen LogP contribution in [0.5, 0.6) is 0 Å². The molecule has 0 bridgehead atoms. The van der Waals surface area contributed by atoms with Gasteiger partial charge in [0, 0.05) is 31.6 Å². The smallest absolute Gasteiger partial charge is 0.251 e. The summed E-state index contributed by atoms with van der Waals surface area (Å²) in [5, 5.41) is 8.37. The van der Waals surface area contributed by atoms with Gasteiger partial charge in [-0.25, -0.2) is 0 Å². The Balaban J connectivity index is 1.57. The van der Waals surface area contributed by atoms with Crippen molar-refractivity contribution in [1.29, 1.82) is 0 Å². The normalized spacial score (nSPS) is 12.6. The number of anilines is 1. The van der Waals surface area contributed by atoms with E-state index in [1.54, 1.807) is 12.3 Å². The number of para-hydroxylation sites is 1. The van der Waals surface area contributed by atoms with Gasteiger partial charge in [-0.3, -0.25) is 19.4 Å². The molecule has 0 aliphatic rings. The number of nitrogens with one attached hydrogen (secondary N) is 2. The SMILES string of the molecule is NCCN(CCN)C(=O)C[C@H](N)C(=O)N[C@H](C(=O)Nc1cnc2ccccc2c1)c1ccc2ccccc2c1. The molecule has 4 rings (SSSR count). The lowest BCUT2D eigenvalue weighted by Gasteiger charge is -2.24. The molecule has 10 heteroatoms. The molecule has 0 saturated heterocycles. The molecule has 0 unspecified atom stereocenters. The van der Waals surface area contributed by atoms with Crippen molar-refractivity contribution in [3.63, 3.8) is 0 Å². The van der Waals surface area contributed by atoms with E-state index in [2.05, 4.69) is 15.6 Å². The number of benzene rings is 3. The van der Waals surface area contributed by atoms with Gasteiger partial charge in [-0.1, -0.05) is 54.6 Å². The van der Waals surface area contributed by atoms with Crippen LogP contribution in [0.1, 0.15) is 18.0 Å². The number of fused-ring (bicyclic) bond motifs is 2. The van der Waals surface area contributed by atoms with E-state index in [0.717, 1.165) is 21.7 Å². The molecule has 0 fully saturated rings. The van der Waals surface area contributed by atoms with Gasteiger partial charge in [-0.05, 0) is 34.5 Å². The summed E-state index contributed by atoms with van der Waals surface area (Å²) >= 11 is 0. The van der Waals surface area contributed by atoms with Crippen LogP contribution >= 0.6 is 0 Å². The average molecular weight is 528 g/mol. The molecule has 2 atom stereocenters. The number of carbonyl (C=O) groups is 3. The van der Waals surface area contributed by atoms with E-state index in [1.807, 2.05) is 66.7 Å². The highest BCUT2D eigenvalue weighted by atomic mass is 16.2. The zero-order chi connectivity index (χ0) is 27.8. The fourth-order valence-electron chi connectivity index (χ4n) is 4.37. The zero-order valence-corrected chi connectivity index (χ0v) is 21.5. The fraction of sp³-hybridized carbons (Fsp3) is 0.241. The van der Waals surface area contributed by atoms with Gasteiger partial charge in [0.25, 0.3) is 5.91 Å². The van der Waals surface area contributed by atoms with Crippen LogP contribution in [0.2, 0.25) is 0 Å². The highest BCUT2D eigenvalue weighted by Crippen LogP contribution is 2.23. The summed E-state index contributed by atoms with van der Waals surface area (Å²) in [6.45, 7) is 1.15. The van der Waals surface area contributed by atoms with E-state index in [1.165, 1.54) is 4.90 Å². The topological polar surface area (TPSA) is 169 Å². The van der Waals surface area contributed by atoms with E-state index in [9.17, 15) is 14.4 Å². The lowest BCUT2D eigenvalue weighted by Crippen LogP contribution is -2.48. The molecule has 0 spiro atoms. The second-order valence-corrected chi connectivity index (χ2v) is 9.22. The number of amides is 3. The molecule has 1 aromatic heterocycles. The number of rotatable bonds is 11. The maximum atomic E-state index is 13.5. The van der Waals surface area contributed by atoms with Gasteiger partial charge in [-0.2, -0.15) is 0 Å². The molecule has 0 saturated carbocycles. The first-order chi connectivity index (χ1) is 18.9. The molecule has 8 N–H and O–H groups in total. The molecule has 202 valence electrons. The maximum absolute atomic E-state index is 13.5. The van der Waals surface area contributed by atoms with Crippen molar-refractivity contribution in [3.8, 4) is 0 Å². The first-order valence-corrected chi connectivity index (χ1v) is 12.8. The Kier molecular flexibility index (Phi) is 9.16. The van der Waals surface area contributed by atoms with Crippen molar-refractivity contribution in [1.82, 2.24) is 15.2 Å². The minimum absolute atomic E-state index is 0.244. The molecule has 1 heterocycles. The number of hydrogen-bond donors (Lipinski definition) is 5. The predicted molar refractivity (Wildman–Crippen MR) is 152 cm³/mol. The van der Waals surface area contributed by atoms with Crippen molar-refractivity contribution >= 4 is 45.1 Å². The Hall–Kier alpha value is -4.38. The van der Waals surface area contributed by atoms with Crippen molar-refractivity contribution in [2.75, 3.05) is 31.5 Å². The third kappa shape index (κ3) is 6.94. The number of nitrogens with zero attached hydrogens (tertiary/aromatic N) is 2. The first kappa shape index (κ1) is 27.6. The Morgan fingerprint density at radius 2 is 1.49 bits per heavy atom. The molecule has 0 aliphatic heterocycles. The molecular weight excluding hydrogens is 494 g/mol. The fourth-order valence-corrected chi connectivity index (χ4v) is 4.37. The Morgan fingerprint density at radius 1 is 0.821 bits per heavy atom. The van der Waals surface area contributed by atoms with Crippen LogP contribution in [0.25, 0.3) is 21.7 Å². The molecule has 4 aromatic rings. The lowest BCUT2D eigenvalue weighted by molar-refractivity contribution is -0.134. The van der Waals surface area contributed by atoms with E-state index >= 15 is 0 Å². The second-order valence-electron chi connectivity index (χ2n) is 9.22. The third-order valence-corrected chi connectivity index (χ3v) is 6.40. The summed E-state index contributed by atoms with van der Waals surface area (Å²) in [4.78, 5) is 45.3. The number of nitrogens with two attached hydrogens (primary N) is 3. The highest BCUT2D eigenvalue weighted by Gasteiger charge is 2.28.